The highest BCUT2D eigenvalue weighted by atomic mass is 16.4. The number of phenolic OH excluding ortho intramolecular Hbond substituents is 1. The zero-order valence-corrected chi connectivity index (χ0v) is 19.3. The molecule has 0 radical (unpaired) electrons. The van der Waals surface area contributed by atoms with Crippen molar-refractivity contribution in [1.82, 2.24) is 16.0 Å². The van der Waals surface area contributed by atoms with E-state index in [9.17, 15) is 34.2 Å². The first-order valence-corrected chi connectivity index (χ1v) is 10.8. The van der Waals surface area contributed by atoms with Crippen LogP contribution in [0.4, 0.5) is 0 Å². The molecule has 0 bridgehead atoms. The van der Waals surface area contributed by atoms with Crippen molar-refractivity contribution in [1.29, 1.82) is 0 Å². The van der Waals surface area contributed by atoms with Crippen molar-refractivity contribution in [2.75, 3.05) is 13.1 Å². The number of aromatic hydroxyl groups is 1. The van der Waals surface area contributed by atoms with Gasteiger partial charge in [-0.1, -0.05) is 12.1 Å². The molecule has 0 saturated carbocycles. The predicted octanol–water partition coefficient (Wildman–Crippen LogP) is -3.04. The second kappa shape index (κ2) is 14.8. The van der Waals surface area contributed by atoms with Gasteiger partial charge in [-0.15, -0.1) is 0 Å². The van der Waals surface area contributed by atoms with E-state index in [1.807, 2.05) is 0 Å². The van der Waals surface area contributed by atoms with Gasteiger partial charge in [-0.2, -0.15) is 0 Å². The molecular formula is C21H31N7O8. The zero-order chi connectivity index (χ0) is 27.3. The van der Waals surface area contributed by atoms with Gasteiger partial charge in [0.1, 0.15) is 17.8 Å². The van der Waals surface area contributed by atoms with Gasteiger partial charge in [0.15, 0.2) is 5.96 Å². The van der Waals surface area contributed by atoms with Crippen LogP contribution in [0.25, 0.3) is 0 Å². The highest BCUT2D eigenvalue weighted by molar-refractivity contribution is 5.94. The molecule has 12 N–H and O–H groups in total. The maximum Gasteiger partial charge on any atom is 0.326 e. The molecule has 0 fully saturated rings. The number of nitrogens with one attached hydrogen (secondary N) is 3. The Balaban J connectivity index is 2.64. The van der Waals surface area contributed by atoms with Gasteiger partial charge in [-0.3, -0.25) is 24.2 Å². The van der Waals surface area contributed by atoms with Crippen molar-refractivity contribution in [3.8, 4) is 5.75 Å². The van der Waals surface area contributed by atoms with Crippen LogP contribution in [0.3, 0.4) is 0 Å². The number of hydrogen-bond acceptors (Lipinski definition) is 8. The number of carboxylic acids is 2. The maximum absolute atomic E-state index is 12.4. The third-order valence-corrected chi connectivity index (χ3v) is 4.74. The quantitative estimate of drug-likeness (QED) is 0.0651. The van der Waals surface area contributed by atoms with E-state index in [0.717, 1.165) is 0 Å². The van der Waals surface area contributed by atoms with Crippen molar-refractivity contribution in [3.63, 3.8) is 0 Å². The van der Waals surface area contributed by atoms with Crippen LogP contribution in [0.2, 0.25) is 0 Å². The third-order valence-electron chi connectivity index (χ3n) is 4.74. The number of amides is 3. The molecule has 0 aliphatic carbocycles. The Morgan fingerprint density at radius 3 is 2.14 bits per heavy atom. The minimum atomic E-state index is -1.54. The Morgan fingerprint density at radius 1 is 0.944 bits per heavy atom. The van der Waals surface area contributed by atoms with E-state index in [-0.39, 0.29) is 37.5 Å². The fraction of sp³-hybridized carbons (Fsp3) is 0.429. The van der Waals surface area contributed by atoms with Crippen molar-refractivity contribution < 1.29 is 39.3 Å². The lowest BCUT2D eigenvalue weighted by molar-refractivity contribution is -0.142. The first-order valence-electron chi connectivity index (χ1n) is 10.8. The number of nitrogens with two attached hydrogens (primary N) is 3. The highest BCUT2D eigenvalue weighted by Crippen LogP contribution is 2.11. The zero-order valence-electron chi connectivity index (χ0n) is 19.3. The van der Waals surface area contributed by atoms with Crippen LogP contribution in [0, 0.1) is 0 Å². The van der Waals surface area contributed by atoms with Crippen molar-refractivity contribution in [2.24, 2.45) is 22.2 Å². The Morgan fingerprint density at radius 2 is 1.58 bits per heavy atom. The fourth-order valence-corrected chi connectivity index (χ4v) is 2.94. The molecule has 1 aromatic carbocycles. The van der Waals surface area contributed by atoms with E-state index in [2.05, 4.69) is 20.9 Å². The average molecular weight is 510 g/mol. The van der Waals surface area contributed by atoms with Gasteiger partial charge >= 0.3 is 11.9 Å². The Hall–Kier alpha value is -4.40. The van der Waals surface area contributed by atoms with E-state index in [0.29, 0.717) is 5.56 Å². The van der Waals surface area contributed by atoms with Crippen LogP contribution in [-0.4, -0.2) is 82.2 Å². The van der Waals surface area contributed by atoms with Crippen LogP contribution >= 0.6 is 0 Å². The summed E-state index contributed by atoms with van der Waals surface area (Å²) in [6.45, 7) is -0.508. The van der Waals surface area contributed by atoms with Crippen LogP contribution in [0.5, 0.6) is 5.75 Å². The number of carboxylic acid groups (broad SMARTS) is 2. The van der Waals surface area contributed by atoms with E-state index in [1.165, 1.54) is 12.1 Å². The van der Waals surface area contributed by atoms with Gasteiger partial charge in [0.2, 0.25) is 17.7 Å². The topological polar surface area (TPSA) is 273 Å². The lowest BCUT2D eigenvalue weighted by atomic mass is 10.0. The number of rotatable bonds is 15. The lowest BCUT2D eigenvalue weighted by Crippen LogP contribution is -2.54. The number of guanidine groups is 1. The summed E-state index contributed by atoms with van der Waals surface area (Å²) >= 11 is 0. The van der Waals surface area contributed by atoms with Crippen molar-refractivity contribution in [3.05, 3.63) is 29.8 Å². The van der Waals surface area contributed by atoms with E-state index in [1.54, 1.807) is 12.1 Å². The summed E-state index contributed by atoms with van der Waals surface area (Å²) in [5, 5.41) is 34.3. The first-order chi connectivity index (χ1) is 16.9. The Kier molecular flexibility index (Phi) is 12.2. The van der Waals surface area contributed by atoms with Gasteiger partial charge in [0.25, 0.3) is 0 Å². The smallest absolute Gasteiger partial charge is 0.326 e. The molecule has 0 heterocycles. The molecule has 36 heavy (non-hydrogen) atoms. The SMILES string of the molecule is NC(N)=NCCCC(NC(=O)CNC(=O)C(CC(=O)O)NC(=O)C(N)Cc1ccc(O)cc1)C(=O)O. The van der Waals surface area contributed by atoms with Crippen molar-refractivity contribution in [2.45, 2.75) is 43.8 Å². The van der Waals surface area contributed by atoms with Gasteiger partial charge in [0.05, 0.1) is 19.0 Å². The molecule has 3 amide bonds. The van der Waals surface area contributed by atoms with Gasteiger partial charge < -0.3 is 48.5 Å². The molecule has 0 aromatic heterocycles. The minimum Gasteiger partial charge on any atom is -0.508 e. The second-order valence-electron chi connectivity index (χ2n) is 7.76. The summed E-state index contributed by atoms with van der Waals surface area (Å²) in [6, 6.07) is 1.98. The third kappa shape index (κ3) is 11.6. The molecule has 3 atom stereocenters. The van der Waals surface area contributed by atoms with E-state index in [4.69, 9.17) is 22.3 Å². The molecular weight excluding hydrogens is 478 g/mol. The number of aliphatic imine (C=N–C) groups is 1. The standard InChI is InChI=1S/C21H31N7O8/c22-13(8-11-3-5-12(29)6-4-11)18(33)28-15(9-17(31)32)19(34)26-10-16(30)27-14(20(35)36)2-1-7-25-21(23)24/h3-6,13-15,29H,1-2,7-10,22H2,(H,26,34)(H,27,30)(H,28,33)(H,31,32)(H,35,36)(H4,23,24,25). The molecule has 0 spiro atoms. The maximum atomic E-state index is 12.4. The number of aliphatic carboxylic acids is 2. The Bertz CT molecular complexity index is 964. The number of benzene rings is 1. The minimum absolute atomic E-state index is 0.0163. The summed E-state index contributed by atoms with van der Waals surface area (Å²) in [4.78, 5) is 63.2. The fourth-order valence-electron chi connectivity index (χ4n) is 2.94. The molecule has 0 saturated heterocycles. The van der Waals surface area contributed by atoms with Crippen LogP contribution in [0.1, 0.15) is 24.8 Å². The van der Waals surface area contributed by atoms with Gasteiger partial charge in [-0.05, 0) is 37.0 Å². The van der Waals surface area contributed by atoms with Crippen molar-refractivity contribution >= 4 is 35.6 Å². The lowest BCUT2D eigenvalue weighted by Gasteiger charge is -2.20. The number of nitrogens with zero attached hydrogens (tertiary/aromatic N) is 1. The summed E-state index contributed by atoms with van der Waals surface area (Å²) in [5.74, 6) is -5.45. The first kappa shape index (κ1) is 29.6. The average Bonchev–Trinajstić information content (AvgIpc) is 2.79. The Labute approximate surface area is 206 Å². The molecule has 15 heteroatoms. The number of carbonyl (C=O) groups is 5. The van der Waals surface area contributed by atoms with Gasteiger partial charge in [-0.25, -0.2) is 4.79 Å². The molecule has 1 rings (SSSR count). The van der Waals surface area contributed by atoms with Crippen LogP contribution < -0.4 is 33.2 Å². The normalized spacial score (nSPS) is 12.9. The molecule has 0 aliphatic heterocycles. The van der Waals surface area contributed by atoms with Crippen LogP contribution in [0.15, 0.2) is 29.3 Å². The van der Waals surface area contributed by atoms with Crippen LogP contribution in [-0.2, 0) is 30.4 Å². The molecule has 0 aliphatic rings. The predicted molar refractivity (Wildman–Crippen MR) is 126 cm³/mol. The second-order valence-corrected chi connectivity index (χ2v) is 7.76. The van der Waals surface area contributed by atoms with E-state index < -0.39 is 60.8 Å². The monoisotopic (exact) mass is 509 g/mol. The summed E-state index contributed by atoms with van der Waals surface area (Å²) in [6.07, 6.45) is -0.454. The molecule has 1 aromatic rings. The molecule has 3 unspecified atom stereocenters. The summed E-state index contributed by atoms with van der Waals surface area (Å²) in [7, 11) is 0. The molecule has 15 nitrogen and oxygen atoms in total. The number of carbonyl (C=O) groups excluding carboxylic acids is 3. The summed E-state index contributed by atoms with van der Waals surface area (Å²) < 4.78 is 0. The summed E-state index contributed by atoms with van der Waals surface area (Å²) in [5.41, 5.74) is 16.8. The highest BCUT2D eigenvalue weighted by Gasteiger charge is 2.27. The number of phenols is 1. The largest absolute Gasteiger partial charge is 0.508 e. The number of hydrogen-bond donors (Lipinski definition) is 9. The molecule has 198 valence electrons. The van der Waals surface area contributed by atoms with E-state index >= 15 is 0 Å². The van der Waals surface area contributed by atoms with Gasteiger partial charge in [0, 0.05) is 6.54 Å².